The van der Waals surface area contributed by atoms with Gasteiger partial charge in [0.25, 0.3) is 0 Å². The summed E-state index contributed by atoms with van der Waals surface area (Å²) < 4.78 is 0. The molecule has 2 unspecified atom stereocenters. The summed E-state index contributed by atoms with van der Waals surface area (Å²) in [5, 5.41) is 4.41. The zero-order valence-corrected chi connectivity index (χ0v) is 14.6. The molecule has 0 radical (unpaired) electrons. The topological polar surface area (TPSA) is 15.3 Å². The SMILES string of the molecule is CCCNC(C)c1ccc(N2CCC(C(C)C)C2)c(Cl)c1. The minimum absolute atomic E-state index is 0.360. The number of halogens is 1. The molecule has 0 saturated carbocycles. The molecule has 21 heavy (non-hydrogen) atoms. The minimum Gasteiger partial charge on any atom is -0.370 e. The van der Waals surface area contributed by atoms with Crippen LogP contribution in [0.2, 0.25) is 5.02 Å². The normalized spacial score (nSPS) is 20.3. The molecule has 1 aromatic carbocycles. The summed E-state index contributed by atoms with van der Waals surface area (Å²) in [7, 11) is 0. The number of nitrogens with zero attached hydrogens (tertiary/aromatic N) is 1. The second-order valence-corrected chi connectivity index (χ2v) is 7.03. The molecule has 0 bridgehead atoms. The van der Waals surface area contributed by atoms with E-state index in [1.807, 2.05) is 0 Å². The summed E-state index contributed by atoms with van der Waals surface area (Å²) in [6.45, 7) is 12.3. The lowest BCUT2D eigenvalue weighted by molar-refractivity contribution is 0.423. The zero-order chi connectivity index (χ0) is 15.4. The molecule has 1 saturated heterocycles. The first-order valence-corrected chi connectivity index (χ1v) is 8.68. The Morgan fingerprint density at radius 3 is 2.67 bits per heavy atom. The maximum atomic E-state index is 6.55. The average molecular weight is 309 g/mol. The molecular weight excluding hydrogens is 280 g/mol. The van der Waals surface area contributed by atoms with Crippen molar-refractivity contribution in [2.45, 2.75) is 46.6 Å². The standard InChI is InChI=1S/C18H29ClN2/c1-5-9-20-14(4)15-6-7-18(17(19)11-15)21-10-8-16(12-21)13(2)3/h6-7,11,13-14,16,20H,5,8-10,12H2,1-4H3. The van der Waals surface area contributed by atoms with Crippen LogP contribution in [0.5, 0.6) is 0 Å². The minimum atomic E-state index is 0.360. The van der Waals surface area contributed by atoms with Crippen LogP contribution in [0.1, 0.15) is 52.1 Å². The second-order valence-electron chi connectivity index (χ2n) is 6.63. The molecule has 1 heterocycles. The fourth-order valence-electron chi connectivity index (χ4n) is 3.08. The van der Waals surface area contributed by atoms with E-state index < -0.39 is 0 Å². The van der Waals surface area contributed by atoms with Crippen LogP contribution in [0.15, 0.2) is 18.2 Å². The van der Waals surface area contributed by atoms with Gasteiger partial charge in [-0.05, 0) is 55.8 Å². The van der Waals surface area contributed by atoms with Gasteiger partial charge in [0.1, 0.15) is 0 Å². The third-order valence-corrected chi connectivity index (χ3v) is 4.98. The third-order valence-electron chi connectivity index (χ3n) is 4.68. The Balaban J connectivity index is 2.06. The van der Waals surface area contributed by atoms with E-state index in [9.17, 15) is 0 Å². The molecule has 1 aromatic rings. The van der Waals surface area contributed by atoms with E-state index in [0.717, 1.165) is 42.9 Å². The van der Waals surface area contributed by atoms with Crippen LogP contribution in [-0.2, 0) is 0 Å². The van der Waals surface area contributed by atoms with Crippen molar-refractivity contribution in [1.82, 2.24) is 5.32 Å². The van der Waals surface area contributed by atoms with E-state index in [2.05, 4.69) is 56.1 Å². The Labute approximate surface area is 134 Å². The molecule has 0 aliphatic carbocycles. The van der Waals surface area contributed by atoms with Gasteiger partial charge in [0.05, 0.1) is 10.7 Å². The molecule has 2 rings (SSSR count). The highest BCUT2D eigenvalue weighted by molar-refractivity contribution is 6.33. The Morgan fingerprint density at radius 2 is 2.10 bits per heavy atom. The zero-order valence-electron chi connectivity index (χ0n) is 13.8. The Hall–Kier alpha value is -0.730. The number of benzene rings is 1. The maximum Gasteiger partial charge on any atom is 0.0642 e. The largest absolute Gasteiger partial charge is 0.370 e. The Morgan fingerprint density at radius 1 is 1.33 bits per heavy atom. The molecule has 2 atom stereocenters. The van der Waals surface area contributed by atoms with Crippen molar-refractivity contribution < 1.29 is 0 Å². The van der Waals surface area contributed by atoms with Crippen molar-refractivity contribution in [2.75, 3.05) is 24.5 Å². The summed E-state index contributed by atoms with van der Waals surface area (Å²) in [5.41, 5.74) is 2.48. The highest BCUT2D eigenvalue weighted by atomic mass is 35.5. The van der Waals surface area contributed by atoms with E-state index in [1.165, 1.54) is 17.7 Å². The van der Waals surface area contributed by atoms with Crippen LogP contribution in [0, 0.1) is 11.8 Å². The van der Waals surface area contributed by atoms with Gasteiger partial charge in [0, 0.05) is 19.1 Å². The number of hydrogen-bond acceptors (Lipinski definition) is 2. The number of hydrogen-bond donors (Lipinski definition) is 1. The average Bonchev–Trinajstić information content (AvgIpc) is 2.94. The molecule has 3 heteroatoms. The first-order valence-electron chi connectivity index (χ1n) is 8.30. The van der Waals surface area contributed by atoms with Crippen molar-refractivity contribution in [1.29, 1.82) is 0 Å². The highest BCUT2D eigenvalue weighted by Gasteiger charge is 2.26. The van der Waals surface area contributed by atoms with Crippen LogP contribution in [-0.4, -0.2) is 19.6 Å². The van der Waals surface area contributed by atoms with Gasteiger partial charge >= 0.3 is 0 Å². The van der Waals surface area contributed by atoms with Gasteiger partial charge in [-0.15, -0.1) is 0 Å². The third kappa shape index (κ3) is 4.14. The van der Waals surface area contributed by atoms with E-state index in [-0.39, 0.29) is 0 Å². The molecule has 1 fully saturated rings. The molecule has 118 valence electrons. The van der Waals surface area contributed by atoms with Crippen LogP contribution >= 0.6 is 11.6 Å². The number of nitrogens with one attached hydrogen (secondary N) is 1. The van der Waals surface area contributed by atoms with E-state index in [1.54, 1.807) is 0 Å². The molecular formula is C18H29ClN2. The van der Waals surface area contributed by atoms with Crippen molar-refractivity contribution in [3.8, 4) is 0 Å². The fraction of sp³-hybridized carbons (Fsp3) is 0.667. The molecule has 0 amide bonds. The van der Waals surface area contributed by atoms with Crippen molar-refractivity contribution in [2.24, 2.45) is 11.8 Å². The van der Waals surface area contributed by atoms with E-state index in [4.69, 9.17) is 11.6 Å². The summed E-state index contributed by atoms with van der Waals surface area (Å²) in [5.74, 6) is 1.55. The predicted molar refractivity (Wildman–Crippen MR) is 93.3 cm³/mol. The molecule has 1 N–H and O–H groups in total. The summed E-state index contributed by atoms with van der Waals surface area (Å²) in [6.07, 6.45) is 2.44. The number of anilines is 1. The van der Waals surface area contributed by atoms with Crippen LogP contribution in [0.3, 0.4) is 0 Å². The van der Waals surface area contributed by atoms with Gasteiger partial charge in [0.2, 0.25) is 0 Å². The lowest BCUT2D eigenvalue weighted by Crippen LogP contribution is -2.22. The molecule has 0 aromatic heterocycles. The summed E-state index contributed by atoms with van der Waals surface area (Å²) in [6, 6.07) is 6.91. The van der Waals surface area contributed by atoms with Gasteiger partial charge in [-0.3, -0.25) is 0 Å². The molecule has 2 nitrogen and oxygen atoms in total. The monoisotopic (exact) mass is 308 g/mol. The smallest absolute Gasteiger partial charge is 0.0642 e. The number of rotatable bonds is 6. The van der Waals surface area contributed by atoms with E-state index >= 15 is 0 Å². The van der Waals surface area contributed by atoms with Gasteiger partial charge in [-0.1, -0.05) is 38.4 Å². The lowest BCUT2D eigenvalue weighted by atomic mass is 9.95. The van der Waals surface area contributed by atoms with E-state index in [0.29, 0.717) is 6.04 Å². The van der Waals surface area contributed by atoms with Crippen LogP contribution < -0.4 is 10.2 Å². The second kappa shape index (κ2) is 7.51. The highest BCUT2D eigenvalue weighted by Crippen LogP contribution is 2.34. The van der Waals surface area contributed by atoms with Crippen LogP contribution in [0.4, 0.5) is 5.69 Å². The van der Waals surface area contributed by atoms with Crippen LogP contribution in [0.25, 0.3) is 0 Å². The Bertz CT molecular complexity index is 459. The van der Waals surface area contributed by atoms with Crippen molar-refractivity contribution >= 4 is 17.3 Å². The lowest BCUT2D eigenvalue weighted by Gasteiger charge is -2.23. The first kappa shape index (κ1) is 16.6. The fourth-order valence-corrected chi connectivity index (χ4v) is 3.39. The quantitative estimate of drug-likeness (QED) is 0.805. The van der Waals surface area contributed by atoms with Crippen molar-refractivity contribution in [3.05, 3.63) is 28.8 Å². The maximum absolute atomic E-state index is 6.55. The van der Waals surface area contributed by atoms with Crippen molar-refractivity contribution in [3.63, 3.8) is 0 Å². The van der Waals surface area contributed by atoms with Gasteiger partial charge in [-0.25, -0.2) is 0 Å². The molecule has 1 aliphatic heterocycles. The summed E-state index contributed by atoms with van der Waals surface area (Å²) in [4.78, 5) is 2.45. The Kier molecular flexibility index (Phi) is 5.95. The summed E-state index contributed by atoms with van der Waals surface area (Å²) >= 11 is 6.55. The van der Waals surface area contributed by atoms with Gasteiger partial charge in [0.15, 0.2) is 0 Å². The predicted octanol–water partition coefficient (Wildman–Crippen LogP) is 4.88. The molecule has 0 spiro atoms. The molecule has 1 aliphatic rings. The van der Waals surface area contributed by atoms with Gasteiger partial charge < -0.3 is 10.2 Å². The van der Waals surface area contributed by atoms with Gasteiger partial charge in [-0.2, -0.15) is 0 Å². The first-order chi connectivity index (χ1) is 10.0.